The molecule has 6 heteroatoms. The van der Waals surface area contributed by atoms with Crippen molar-refractivity contribution in [1.82, 2.24) is 4.98 Å². The van der Waals surface area contributed by atoms with Gasteiger partial charge >= 0.3 is 0 Å². The molecule has 1 aromatic heterocycles. The lowest BCUT2D eigenvalue weighted by atomic mass is 9.58. The second kappa shape index (κ2) is 7.36. The van der Waals surface area contributed by atoms with E-state index in [2.05, 4.69) is 69.8 Å². The largest absolute Gasteiger partial charge is 0.301 e. The Labute approximate surface area is 225 Å². The number of nitrogens with one attached hydrogen (secondary N) is 1. The molecule has 180 valence electrons. The number of alkyl halides is 1. The number of hydrogen-bond donors (Lipinski definition) is 1. The zero-order valence-electron chi connectivity index (χ0n) is 19.5. The topological polar surface area (TPSA) is 42.0 Å². The van der Waals surface area contributed by atoms with Gasteiger partial charge in [-0.25, -0.2) is 9.37 Å². The van der Waals surface area contributed by atoms with Gasteiger partial charge < -0.3 is 5.32 Å². The van der Waals surface area contributed by atoms with E-state index >= 15 is 0 Å². The van der Waals surface area contributed by atoms with Gasteiger partial charge in [0.1, 0.15) is 5.82 Å². The molecule has 5 aromatic rings. The minimum Gasteiger partial charge on any atom is -0.301 e. The Morgan fingerprint density at radius 3 is 2.30 bits per heavy atom. The fourth-order valence-corrected chi connectivity index (χ4v) is 9.03. The summed E-state index contributed by atoms with van der Waals surface area (Å²) in [5.41, 5.74) is 6.11. The molecule has 3 nitrogen and oxygen atoms in total. The Balaban J connectivity index is 1.18. The first kappa shape index (κ1) is 21.7. The maximum Gasteiger partial charge on any atom is 0.233 e. The maximum atomic E-state index is 14.3. The molecule has 1 N–H and O–H groups in total. The SMILES string of the molecule is O=C(Nc1nc(-c2ccc(F)c3ccccc23)cs1)C12CC1C1(Br)c3ccccc3C2c2ccccc21. The molecule has 1 fully saturated rings. The molecular formula is C31H20BrFN2OS. The normalized spacial score (nSPS) is 26.3. The van der Waals surface area contributed by atoms with Crippen molar-refractivity contribution in [2.24, 2.45) is 11.3 Å². The van der Waals surface area contributed by atoms with E-state index < -0.39 is 5.41 Å². The van der Waals surface area contributed by atoms with E-state index in [0.717, 1.165) is 23.1 Å². The van der Waals surface area contributed by atoms with E-state index in [-0.39, 0.29) is 27.9 Å². The summed E-state index contributed by atoms with van der Waals surface area (Å²) in [6, 6.07) is 27.7. The summed E-state index contributed by atoms with van der Waals surface area (Å²) in [6.45, 7) is 0. The van der Waals surface area contributed by atoms with Crippen molar-refractivity contribution in [3.63, 3.8) is 0 Å². The number of amides is 1. The van der Waals surface area contributed by atoms with E-state index in [4.69, 9.17) is 4.98 Å². The van der Waals surface area contributed by atoms with Gasteiger partial charge in [-0.3, -0.25) is 4.79 Å². The van der Waals surface area contributed by atoms with Gasteiger partial charge in [-0.1, -0.05) is 88.7 Å². The van der Waals surface area contributed by atoms with Crippen LogP contribution < -0.4 is 5.32 Å². The quantitative estimate of drug-likeness (QED) is 0.226. The second-order valence-electron chi connectivity index (χ2n) is 10.2. The number of thiazole rings is 1. The maximum absolute atomic E-state index is 14.3. The number of nitrogens with zero attached hydrogens (tertiary/aromatic N) is 1. The highest BCUT2D eigenvalue weighted by molar-refractivity contribution is 9.09. The number of benzene rings is 4. The molecule has 0 radical (unpaired) electrons. The predicted octanol–water partition coefficient (Wildman–Crippen LogP) is 7.84. The fourth-order valence-electron chi connectivity index (χ4n) is 7.03. The molecule has 4 aliphatic carbocycles. The zero-order valence-corrected chi connectivity index (χ0v) is 21.9. The minimum atomic E-state index is -0.513. The Morgan fingerprint density at radius 1 is 0.919 bits per heavy atom. The van der Waals surface area contributed by atoms with Crippen LogP contribution in [0, 0.1) is 17.2 Å². The van der Waals surface area contributed by atoms with Crippen LogP contribution in [0.15, 0.2) is 90.3 Å². The first-order valence-electron chi connectivity index (χ1n) is 12.4. The summed E-state index contributed by atoms with van der Waals surface area (Å²) < 4.78 is 14.0. The number of hydrogen-bond acceptors (Lipinski definition) is 3. The Morgan fingerprint density at radius 2 is 1.57 bits per heavy atom. The van der Waals surface area contributed by atoms with Gasteiger partial charge in [0.25, 0.3) is 0 Å². The minimum absolute atomic E-state index is 0.0183. The molecule has 2 bridgehead atoms. The van der Waals surface area contributed by atoms with Crippen molar-refractivity contribution in [2.45, 2.75) is 16.7 Å². The zero-order chi connectivity index (χ0) is 24.9. The summed E-state index contributed by atoms with van der Waals surface area (Å²) in [5.74, 6) is -0.0288. The predicted molar refractivity (Wildman–Crippen MR) is 149 cm³/mol. The van der Waals surface area contributed by atoms with Crippen molar-refractivity contribution in [3.05, 3.63) is 118 Å². The highest BCUT2D eigenvalue weighted by Crippen LogP contribution is 2.80. The Kier molecular flexibility index (Phi) is 4.32. The molecule has 0 aliphatic heterocycles. The Hall–Kier alpha value is -3.35. The van der Waals surface area contributed by atoms with Crippen LogP contribution >= 0.6 is 27.3 Å². The highest BCUT2D eigenvalue weighted by atomic mass is 79.9. The van der Waals surface area contributed by atoms with E-state index in [1.807, 2.05) is 23.6 Å². The van der Waals surface area contributed by atoms with Crippen LogP contribution in [0.1, 0.15) is 34.6 Å². The van der Waals surface area contributed by atoms with Crippen molar-refractivity contribution < 1.29 is 9.18 Å². The second-order valence-corrected chi connectivity index (χ2v) is 12.4. The molecule has 0 spiro atoms. The molecule has 9 rings (SSSR count). The third kappa shape index (κ3) is 2.70. The number of carbonyl (C=O) groups excluding carboxylic acids is 1. The van der Waals surface area contributed by atoms with Crippen LogP contribution in [0.25, 0.3) is 22.0 Å². The molecule has 2 unspecified atom stereocenters. The van der Waals surface area contributed by atoms with Crippen LogP contribution in [0.4, 0.5) is 9.52 Å². The van der Waals surface area contributed by atoms with Crippen LogP contribution in [0.5, 0.6) is 0 Å². The van der Waals surface area contributed by atoms with Crippen molar-refractivity contribution in [1.29, 1.82) is 0 Å². The summed E-state index contributed by atoms with van der Waals surface area (Å²) >= 11 is 5.57. The molecule has 1 heterocycles. The number of anilines is 1. The first-order chi connectivity index (χ1) is 18.0. The number of carbonyl (C=O) groups is 1. The smallest absolute Gasteiger partial charge is 0.233 e. The summed E-state index contributed by atoms with van der Waals surface area (Å²) in [7, 11) is 0. The van der Waals surface area contributed by atoms with Gasteiger partial charge in [0, 0.05) is 22.2 Å². The average molecular weight is 567 g/mol. The van der Waals surface area contributed by atoms with Crippen molar-refractivity contribution >= 4 is 49.1 Å². The van der Waals surface area contributed by atoms with Gasteiger partial charge in [-0.05, 0) is 52.1 Å². The summed E-state index contributed by atoms with van der Waals surface area (Å²) in [4.78, 5) is 18.8. The average Bonchev–Trinajstić information content (AvgIpc) is 3.57. The van der Waals surface area contributed by atoms with Gasteiger partial charge in [0.2, 0.25) is 5.91 Å². The third-order valence-electron chi connectivity index (χ3n) is 8.62. The molecule has 2 atom stereocenters. The molecule has 4 aliphatic rings. The van der Waals surface area contributed by atoms with Gasteiger partial charge in [-0.2, -0.15) is 0 Å². The third-order valence-corrected chi connectivity index (χ3v) is 10.8. The van der Waals surface area contributed by atoms with Gasteiger partial charge in [0.15, 0.2) is 5.13 Å². The molecule has 1 amide bonds. The lowest BCUT2D eigenvalue weighted by molar-refractivity contribution is -0.122. The number of aromatic nitrogens is 1. The fraction of sp³-hybridized carbons (Fsp3) is 0.161. The van der Waals surface area contributed by atoms with E-state index in [1.54, 1.807) is 12.1 Å². The van der Waals surface area contributed by atoms with E-state index in [9.17, 15) is 9.18 Å². The first-order valence-corrected chi connectivity index (χ1v) is 14.0. The monoisotopic (exact) mass is 566 g/mol. The number of rotatable bonds is 3. The van der Waals surface area contributed by atoms with Crippen LogP contribution in [0.2, 0.25) is 0 Å². The standard InChI is InChI=1S/C31H20BrFN2OS/c32-31-22-11-5-3-9-20(22)27(21-10-4-6-12-23(21)31)30(15-26(30)31)28(36)35-29-34-25(16-37-29)19-13-14-24(33)18-8-2-1-7-17(18)19/h1-14,16,26-27H,15H2,(H,34,35,36). The van der Waals surface area contributed by atoms with Crippen molar-refractivity contribution in [3.8, 4) is 11.3 Å². The molecule has 4 aromatic carbocycles. The molecule has 37 heavy (non-hydrogen) atoms. The lowest BCUT2D eigenvalue weighted by Gasteiger charge is -2.49. The molecular weight excluding hydrogens is 547 g/mol. The Bertz CT molecular complexity index is 1730. The van der Waals surface area contributed by atoms with Crippen LogP contribution in [-0.4, -0.2) is 10.9 Å². The number of fused-ring (bicyclic) bond motifs is 1. The molecule has 0 saturated heterocycles. The van der Waals surface area contributed by atoms with E-state index in [1.165, 1.54) is 39.7 Å². The van der Waals surface area contributed by atoms with Gasteiger partial charge in [-0.15, -0.1) is 11.3 Å². The van der Waals surface area contributed by atoms with Crippen molar-refractivity contribution in [2.75, 3.05) is 5.32 Å². The van der Waals surface area contributed by atoms with Crippen LogP contribution in [-0.2, 0) is 9.12 Å². The summed E-state index contributed by atoms with van der Waals surface area (Å²) in [6.07, 6.45) is 0.818. The van der Waals surface area contributed by atoms with E-state index in [0.29, 0.717) is 10.5 Å². The summed E-state index contributed by atoms with van der Waals surface area (Å²) in [5, 5.41) is 7.06. The number of halogens is 2. The van der Waals surface area contributed by atoms with Crippen LogP contribution in [0.3, 0.4) is 0 Å². The lowest BCUT2D eigenvalue weighted by Crippen LogP contribution is -2.46. The van der Waals surface area contributed by atoms with Gasteiger partial charge in [0.05, 0.1) is 15.4 Å². The molecule has 1 saturated carbocycles. The highest BCUT2D eigenvalue weighted by Gasteiger charge is 2.77.